The van der Waals surface area contributed by atoms with Gasteiger partial charge in [-0.3, -0.25) is 14.4 Å². The fraction of sp³-hybridized carbons (Fsp3) is 0.526. The van der Waals surface area contributed by atoms with Gasteiger partial charge >= 0.3 is 0 Å². The Hall–Kier alpha value is -2.08. The first-order chi connectivity index (χ1) is 12.3. The normalized spacial score (nSPS) is 19.0. The van der Waals surface area contributed by atoms with Crippen LogP contribution in [0.1, 0.15) is 49.9 Å². The van der Waals surface area contributed by atoms with Crippen molar-refractivity contribution in [1.82, 2.24) is 10.2 Å². The first-order valence-corrected chi connectivity index (χ1v) is 9.34. The third-order valence-electron chi connectivity index (χ3n) is 5.35. The summed E-state index contributed by atoms with van der Waals surface area (Å²) in [6, 6.07) is 4.01. The van der Waals surface area contributed by atoms with Gasteiger partial charge in [0.25, 0.3) is 5.91 Å². The van der Waals surface area contributed by atoms with E-state index in [9.17, 15) is 14.4 Å². The third kappa shape index (κ3) is 4.18. The molecule has 0 bridgehead atoms. The fourth-order valence-electron chi connectivity index (χ4n) is 3.50. The summed E-state index contributed by atoms with van der Waals surface area (Å²) in [5.41, 5.74) is 1.11. The molecule has 26 heavy (non-hydrogen) atoms. The zero-order chi connectivity index (χ0) is 18.9. The minimum Gasteiger partial charge on any atom is -0.341 e. The van der Waals surface area contributed by atoms with Crippen LogP contribution >= 0.6 is 11.6 Å². The molecule has 1 aromatic rings. The van der Waals surface area contributed by atoms with Crippen LogP contribution in [-0.4, -0.2) is 41.8 Å². The van der Waals surface area contributed by atoms with Crippen LogP contribution in [0.25, 0.3) is 0 Å². The molecule has 1 aliphatic heterocycles. The van der Waals surface area contributed by atoms with Crippen molar-refractivity contribution in [2.24, 2.45) is 5.41 Å². The average Bonchev–Trinajstić information content (AvgIpc) is 3.33. The van der Waals surface area contributed by atoms with Gasteiger partial charge in [-0.2, -0.15) is 0 Å². The number of halogens is 1. The van der Waals surface area contributed by atoms with Gasteiger partial charge in [0.15, 0.2) is 0 Å². The lowest BCUT2D eigenvalue weighted by Gasteiger charge is -2.34. The number of benzene rings is 1. The molecular formula is C19H24ClN3O3. The van der Waals surface area contributed by atoms with Crippen molar-refractivity contribution in [2.75, 3.05) is 18.4 Å². The number of anilines is 1. The first kappa shape index (κ1) is 18.7. The number of hydrogen-bond donors (Lipinski definition) is 2. The lowest BCUT2D eigenvalue weighted by atomic mass is 9.93. The molecule has 0 radical (unpaired) electrons. The van der Waals surface area contributed by atoms with E-state index >= 15 is 0 Å². The summed E-state index contributed by atoms with van der Waals surface area (Å²) in [6.45, 7) is 4.57. The van der Waals surface area contributed by atoms with Gasteiger partial charge in [-0.05, 0) is 56.2 Å². The number of nitrogens with zero attached hydrogens (tertiary/aromatic N) is 1. The number of nitrogens with one attached hydrogen (secondary N) is 2. The summed E-state index contributed by atoms with van der Waals surface area (Å²) in [4.78, 5) is 38.4. The molecule has 1 atom stereocenters. The summed E-state index contributed by atoms with van der Waals surface area (Å²) in [5, 5.41) is 5.75. The maximum Gasteiger partial charge on any atom is 0.254 e. The zero-order valence-electron chi connectivity index (χ0n) is 15.1. The molecule has 2 N–H and O–H groups in total. The van der Waals surface area contributed by atoms with Gasteiger partial charge in [-0.1, -0.05) is 11.6 Å². The lowest BCUT2D eigenvalue weighted by Crippen LogP contribution is -2.49. The molecule has 3 amide bonds. The minimum absolute atomic E-state index is 0.0658. The van der Waals surface area contributed by atoms with Gasteiger partial charge in [-0.25, -0.2) is 0 Å². The van der Waals surface area contributed by atoms with Crippen molar-refractivity contribution in [3.63, 3.8) is 0 Å². The molecule has 1 saturated carbocycles. The molecule has 0 unspecified atom stereocenters. The first-order valence-electron chi connectivity index (χ1n) is 8.96. The van der Waals surface area contributed by atoms with Crippen LogP contribution in [0.4, 0.5) is 5.69 Å². The molecule has 1 saturated heterocycles. The Kier molecular flexibility index (Phi) is 5.23. The van der Waals surface area contributed by atoms with E-state index in [1.807, 2.05) is 4.90 Å². The third-order valence-corrected chi connectivity index (χ3v) is 5.58. The Balaban J connectivity index is 1.63. The van der Waals surface area contributed by atoms with Crippen molar-refractivity contribution >= 4 is 35.0 Å². The maximum atomic E-state index is 12.6. The van der Waals surface area contributed by atoms with Gasteiger partial charge < -0.3 is 15.5 Å². The fourth-order valence-corrected chi connectivity index (χ4v) is 3.67. The maximum absolute atomic E-state index is 12.6. The molecule has 2 fully saturated rings. The topological polar surface area (TPSA) is 78.5 Å². The highest BCUT2D eigenvalue weighted by Crippen LogP contribution is 2.53. The van der Waals surface area contributed by atoms with E-state index in [1.54, 1.807) is 13.0 Å². The molecule has 1 heterocycles. The molecule has 6 nitrogen and oxygen atoms in total. The largest absolute Gasteiger partial charge is 0.341 e. The summed E-state index contributed by atoms with van der Waals surface area (Å²) in [5.74, 6) is -0.779. The van der Waals surface area contributed by atoms with Crippen molar-refractivity contribution in [3.05, 3.63) is 28.8 Å². The van der Waals surface area contributed by atoms with E-state index in [4.69, 9.17) is 11.6 Å². The van der Waals surface area contributed by atoms with Crippen molar-refractivity contribution in [2.45, 2.75) is 45.6 Å². The number of hydrogen-bond acceptors (Lipinski definition) is 3. The average molecular weight is 378 g/mol. The van der Waals surface area contributed by atoms with Crippen LogP contribution in [0.2, 0.25) is 5.02 Å². The SMILES string of the molecule is CC(=O)Nc1cc(Cl)ccc1C(=O)N[C@@H](C)C(=O)N1CCC2(CC1)CC2. The summed E-state index contributed by atoms with van der Waals surface area (Å²) in [6.07, 6.45) is 4.68. The van der Waals surface area contributed by atoms with E-state index in [0.29, 0.717) is 16.1 Å². The van der Waals surface area contributed by atoms with E-state index < -0.39 is 11.9 Å². The smallest absolute Gasteiger partial charge is 0.254 e. The predicted molar refractivity (Wildman–Crippen MR) is 100 cm³/mol. The number of likely N-dealkylation sites (tertiary alicyclic amines) is 1. The van der Waals surface area contributed by atoms with E-state index in [0.717, 1.165) is 25.9 Å². The Morgan fingerprint density at radius 3 is 2.38 bits per heavy atom. The molecule has 0 aromatic heterocycles. The van der Waals surface area contributed by atoms with Gasteiger partial charge in [0, 0.05) is 25.0 Å². The van der Waals surface area contributed by atoms with Crippen LogP contribution in [0.3, 0.4) is 0 Å². The van der Waals surface area contributed by atoms with Crippen LogP contribution in [0.5, 0.6) is 0 Å². The van der Waals surface area contributed by atoms with E-state index in [1.165, 1.54) is 31.9 Å². The monoisotopic (exact) mass is 377 g/mol. The van der Waals surface area contributed by atoms with Crippen LogP contribution in [0.15, 0.2) is 18.2 Å². The zero-order valence-corrected chi connectivity index (χ0v) is 15.9. The highest BCUT2D eigenvalue weighted by molar-refractivity contribution is 6.31. The summed E-state index contributed by atoms with van der Waals surface area (Å²) >= 11 is 5.95. The number of amides is 3. The number of carbonyl (C=O) groups excluding carboxylic acids is 3. The predicted octanol–water partition coefficient (Wildman–Crippen LogP) is 2.82. The Labute approximate surface area is 158 Å². The number of piperidine rings is 1. The van der Waals surface area contributed by atoms with E-state index in [-0.39, 0.29) is 17.4 Å². The standard InChI is InChI=1S/C19H24ClN3O3/c1-12(18(26)23-9-7-19(5-6-19)8-10-23)21-17(25)15-4-3-14(20)11-16(15)22-13(2)24/h3-4,11-12H,5-10H2,1-2H3,(H,21,25)(H,22,24)/t12-/m0/s1. The lowest BCUT2D eigenvalue weighted by molar-refractivity contribution is -0.134. The van der Waals surface area contributed by atoms with E-state index in [2.05, 4.69) is 10.6 Å². The van der Waals surface area contributed by atoms with Gasteiger partial charge in [0.05, 0.1) is 11.3 Å². The molecule has 1 aromatic carbocycles. The highest BCUT2D eigenvalue weighted by atomic mass is 35.5. The molecule has 140 valence electrons. The van der Waals surface area contributed by atoms with Crippen LogP contribution in [-0.2, 0) is 9.59 Å². The van der Waals surface area contributed by atoms with Crippen molar-refractivity contribution < 1.29 is 14.4 Å². The second-order valence-electron chi connectivity index (χ2n) is 7.39. The number of rotatable bonds is 4. The molecular weight excluding hydrogens is 354 g/mol. The minimum atomic E-state index is -0.628. The van der Waals surface area contributed by atoms with Gasteiger partial charge in [-0.15, -0.1) is 0 Å². The van der Waals surface area contributed by atoms with Gasteiger partial charge in [0.1, 0.15) is 6.04 Å². The summed E-state index contributed by atoms with van der Waals surface area (Å²) in [7, 11) is 0. The molecule has 1 spiro atoms. The van der Waals surface area contributed by atoms with Crippen LogP contribution in [0, 0.1) is 5.41 Å². The molecule has 7 heteroatoms. The molecule has 3 rings (SSSR count). The highest BCUT2D eigenvalue weighted by Gasteiger charge is 2.45. The van der Waals surface area contributed by atoms with Gasteiger partial charge in [0.2, 0.25) is 11.8 Å². The molecule has 2 aliphatic rings. The quantitative estimate of drug-likeness (QED) is 0.846. The Morgan fingerprint density at radius 1 is 1.15 bits per heavy atom. The Morgan fingerprint density at radius 2 is 1.81 bits per heavy atom. The van der Waals surface area contributed by atoms with Crippen molar-refractivity contribution in [1.29, 1.82) is 0 Å². The second kappa shape index (κ2) is 7.27. The van der Waals surface area contributed by atoms with Crippen LogP contribution < -0.4 is 10.6 Å². The number of carbonyl (C=O) groups is 3. The second-order valence-corrected chi connectivity index (χ2v) is 7.83. The summed E-state index contributed by atoms with van der Waals surface area (Å²) < 4.78 is 0. The molecule has 1 aliphatic carbocycles. The van der Waals surface area contributed by atoms with Crippen molar-refractivity contribution in [3.8, 4) is 0 Å². The Bertz CT molecular complexity index is 736.